The molecule has 0 aliphatic carbocycles. The van der Waals surface area contributed by atoms with E-state index in [0.717, 1.165) is 0 Å². The van der Waals surface area contributed by atoms with Crippen molar-refractivity contribution in [3.63, 3.8) is 0 Å². The third kappa shape index (κ3) is 8.44. The molecule has 0 heterocycles. The molecular formula is C21H19F2N7O2S3. The van der Waals surface area contributed by atoms with Crippen molar-refractivity contribution in [2.45, 2.75) is 4.90 Å². The fraction of sp³-hybridized carbons (Fsp3) is 0. The third-order valence-corrected chi connectivity index (χ3v) is 5.74. The largest absolute Gasteiger partial charge is 0.331 e. The zero-order valence-electron chi connectivity index (χ0n) is 17.7. The number of sulfonamides is 1. The van der Waals surface area contributed by atoms with E-state index in [-0.39, 0.29) is 21.1 Å². The van der Waals surface area contributed by atoms with Gasteiger partial charge in [0.2, 0.25) is 5.96 Å². The molecule has 0 aromatic heterocycles. The molecule has 0 unspecified atom stereocenters. The first-order valence-electron chi connectivity index (χ1n) is 9.78. The number of hydrazine groups is 2. The van der Waals surface area contributed by atoms with Crippen LogP contribution < -0.4 is 32.3 Å². The van der Waals surface area contributed by atoms with Crippen molar-refractivity contribution in [2.75, 3.05) is 10.6 Å². The van der Waals surface area contributed by atoms with Crippen LogP contribution in [0.3, 0.4) is 0 Å². The normalized spacial score (nSPS) is 10.5. The van der Waals surface area contributed by atoms with Crippen LogP contribution in [0.15, 0.2) is 88.2 Å². The second-order valence-corrected chi connectivity index (χ2v) is 9.07. The Morgan fingerprint density at radius 1 is 0.657 bits per heavy atom. The first-order valence-corrected chi connectivity index (χ1v) is 12.0. The van der Waals surface area contributed by atoms with Gasteiger partial charge in [-0.3, -0.25) is 21.7 Å². The van der Waals surface area contributed by atoms with E-state index in [4.69, 9.17) is 24.4 Å². The van der Waals surface area contributed by atoms with Gasteiger partial charge in [-0.15, -0.1) is 4.40 Å². The number of rotatable bonds is 4. The van der Waals surface area contributed by atoms with Crippen LogP contribution in [0.4, 0.5) is 20.2 Å². The van der Waals surface area contributed by atoms with Gasteiger partial charge in [-0.05, 0) is 85.1 Å². The van der Waals surface area contributed by atoms with E-state index in [1.807, 2.05) is 0 Å². The highest BCUT2D eigenvalue weighted by molar-refractivity contribution is 7.90. The fourth-order valence-corrected chi connectivity index (χ4v) is 3.74. The summed E-state index contributed by atoms with van der Waals surface area (Å²) < 4.78 is 55.2. The second kappa shape index (κ2) is 12.0. The molecule has 0 saturated heterocycles. The van der Waals surface area contributed by atoms with Crippen molar-refractivity contribution in [1.29, 1.82) is 0 Å². The summed E-state index contributed by atoms with van der Waals surface area (Å²) in [6, 6.07) is 18.4. The van der Waals surface area contributed by atoms with Crippen LogP contribution in [0.25, 0.3) is 0 Å². The molecule has 3 rings (SSSR count). The van der Waals surface area contributed by atoms with Crippen LogP contribution in [0, 0.1) is 11.6 Å². The van der Waals surface area contributed by atoms with Gasteiger partial charge >= 0.3 is 0 Å². The molecule has 3 aromatic rings. The van der Waals surface area contributed by atoms with Crippen LogP contribution in [0.1, 0.15) is 0 Å². The number of nitrogens with zero attached hydrogens (tertiary/aromatic N) is 1. The SMILES string of the molecule is O=S(=O)(N=C(NNC(=S)Nc1ccc(F)cc1)NNC(=S)Nc1ccc(F)cc1)c1ccccc1. The van der Waals surface area contributed by atoms with Gasteiger partial charge in [-0.2, -0.15) is 8.42 Å². The average Bonchev–Trinajstić information content (AvgIpc) is 2.84. The smallest absolute Gasteiger partial charge is 0.285 e. The summed E-state index contributed by atoms with van der Waals surface area (Å²) >= 11 is 10.3. The van der Waals surface area contributed by atoms with E-state index in [9.17, 15) is 17.2 Å². The quantitative estimate of drug-likeness (QED) is 0.129. The molecule has 0 aliphatic heterocycles. The minimum absolute atomic E-state index is 0.0373. The number of thiocarbonyl (C=S) groups is 2. The summed E-state index contributed by atoms with van der Waals surface area (Å²) in [5.41, 5.74) is 11.2. The van der Waals surface area contributed by atoms with Crippen molar-refractivity contribution >= 4 is 62.0 Å². The summed E-state index contributed by atoms with van der Waals surface area (Å²) in [5.74, 6) is -1.12. The van der Waals surface area contributed by atoms with Gasteiger partial charge in [-0.25, -0.2) is 8.78 Å². The highest BCUT2D eigenvalue weighted by Crippen LogP contribution is 2.11. The second-order valence-electron chi connectivity index (χ2n) is 6.65. The molecule has 9 nitrogen and oxygen atoms in total. The van der Waals surface area contributed by atoms with E-state index in [0.29, 0.717) is 11.4 Å². The van der Waals surface area contributed by atoms with Crippen LogP contribution in [-0.2, 0) is 10.0 Å². The average molecular weight is 536 g/mol. The number of hydrogen-bond acceptors (Lipinski definition) is 4. The van der Waals surface area contributed by atoms with Crippen molar-refractivity contribution < 1.29 is 17.2 Å². The number of nitrogens with one attached hydrogen (secondary N) is 6. The molecule has 0 atom stereocenters. The van der Waals surface area contributed by atoms with Crippen molar-refractivity contribution in [1.82, 2.24) is 21.7 Å². The topological polar surface area (TPSA) is 119 Å². The molecule has 0 saturated carbocycles. The maximum absolute atomic E-state index is 13.1. The van der Waals surface area contributed by atoms with Gasteiger partial charge in [0.25, 0.3) is 10.0 Å². The summed E-state index contributed by atoms with van der Waals surface area (Å²) in [6.45, 7) is 0. The van der Waals surface area contributed by atoms with E-state index in [2.05, 4.69) is 36.7 Å². The number of hydrogen-bond donors (Lipinski definition) is 6. The van der Waals surface area contributed by atoms with E-state index < -0.39 is 21.7 Å². The number of guanidine groups is 1. The molecular weight excluding hydrogens is 516 g/mol. The van der Waals surface area contributed by atoms with E-state index in [1.165, 1.54) is 60.7 Å². The Hall–Kier alpha value is -3.88. The molecule has 0 aliphatic rings. The van der Waals surface area contributed by atoms with Gasteiger partial charge in [0, 0.05) is 11.4 Å². The monoisotopic (exact) mass is 535 g/mol. The summed E-state index contributed by atoms with van der Waals surface area (Å²) in [6.07, 6.45) is 0. The van der Waals surface area contributed by atoms with Gasteiger partial charge in [0.15, 0.2) is 10.2 Å². The molecule has 6 N–H and O–H groups in total. The van der Waals surface area contributed by atoms with Crippen LogP contribution >= 0.6 is 24.4 Å². The molecule has 14 heteroatoms. The Labute approximate surface area is 211 Å². The lowest BCUT2D eigenvalue weighted by Crippen LogP contribution is -2.55. The molecule has 0 spiro atoms. The number of halogens is 2. The third-order valence-electron chi connectivity index (χ3n) is 4.05. The van der Waals surface area contributed by atoms with Gasteiger partial charge < -0.3 is 10.6 Å². The predicted molar refractivity (Wildman–Crippen MR) is 139 cm³/mol. The summed E-state index contributed by atoms with van der Waals surface area (Å²) in [5, 5.41) is 5.66. The lowest BCUT2D eigenvalue weighted by molar-refractivity contribution is 0.596. The van der Waals surface area contributed by atoms with Crippen LogP contribution in [0.5, 0.6) is 0 Å². The molecule has 35 heavy (non-hydrogen) atoms. The lowest BCUT2D eigenvalue weighted by atomic mass is 10.3. The molecule has 182 valence electrons. The highest BCUT2D eigenvalue weighted by atomic mass is 32.2. The van der Waals surface area contributed by atoms with Crippen LogP contribution in [0.2, 0.25) is 0 Å². The molecule has 3 aromatic carbocycles. The molecule has 0 radical (unpaired) electrons. The Balaban J connectivity index is 1.68. The van der Waals surface area contributed by atoms with Gasteiger partial charge in [0.1, 0.15) is 11.6 Å². The Morgan fingerprint density at radius 3 is 1.51 bits per heavy atom. The minimum Gasteiger partial charge on any atom is -0.331 e. The highest BCUT2D eigenvalue weighted by Gasteiger charge is 2.15. The number of anilines is 2. The van der Waals surface area contributed by atoms with Crippen molar-refractivity contribution in [3.8, 4) is 0 Å². The maximum atomic E-state index is 13.1. The van der Waals surface area contributed by atoms with Crippen molar-refractivity contribution in [2.24, 2.45) is 4.40 Å². The zero-order valence-corrected chi connectivity index (χ0v) is 20.2. The minimum atomic E-state index is -4.11. The first kappa shape index (κ1) is 25.7. The standard InChI is InChI=1S/C21H19F2N7O2S3/c22-14-6-10-16(11-7-14)24-20(33)28-26-19(30-35(31,32)18-4-2-1-3-5-18)27-29-21(34)25-17-12-8-15(23)9-13-17/h1-13H,(H2,24,28,33)(H2,25,29,34)(H2,26,27,30). The fourth-order valence-electron chi connectivity index (χ4n) is 2.47. The van der Waals surface area contributed by atoms with E-state index in [1.54, 1.807) is 18.2 Å². The molecule has 0 bridgehead atoms. The summed E-state index contributed by atoms with van der Waals surface area (Å²) in [7, 11) is -4.11. The Kier molecular flexibility index (Phi) is 8.83. The van der Waals surface area contributed by atoms with Crippen molar-refractivity contribution in [3.05, 3.63) is 90.5 Å². The van der Waals surface area contributed by atoms with Crippen LogP contribution in [-0.4, -0.2) is 24.6 Å². The number of benzene rings is 3. The molecule has 0 amide bonds. The van der Waals surface area contributed by atoms with Gasteiger partial charge in [0.05, 0.1) is 4.90 Å². The predicted octanol–water partition coefficient (Wildman–Crippen LogP) is 2.99. The Morgan fingerprint density at radius 2 is 1.09 bits per heavy atom. The first-order chi connectivity index (χ1) is 16.7. The van der Waals surface area contributed by atoms with Gasteiger partial charge in [-0.1, -0.05) is 18.2 Å². The lowest BCUT2D eigenvalue weighted by Gasteiger charge is -2.17. The zero-order chi connectivity index (χ0) is 25.3. The summed E-state index contributed by atoms with van der Waals surface area (Å²) in [4.78, 5) is -0.0415. The Bertz CT molecular complexity index is 1240. The maximum Gasteiger partial charge on any atom is 0.285 e. The molecule has 0 fully saturated rings. The van der Waals surface area contributed by atoms with E-state index >= 15 is 0 Å².